The Morgan fingerprint density at radius 3 is 2.79 bits per heavy atom. The SMILES string of the molecule is Brc1ccccc1Nc1nc(-c2cccnc2)cs1. The molecule has 94 valence electrons. The molecule has 0 aliphatic carbocycles. The maximum Gasteiger partial charge on any atom is 0.187 e. The summed E-state index contributed by atoms with van der Waals surface area (Å²) >= 11 is 5.09. The number of benzene rings is 1. The predicted molar refractivity (Wildman–Crippen MR) is 82.8 cm³/mol. The van der Waals surface area contributed by atoms with E-state index in [0.717, 1.165) is 26.5 Å². The second-order valence-corrected chi connectivity index (χ2v) is 5.60. The molecule has 0 spiro atoms. The lowest BCUT2D eigenvalue weighted by Crippen LogP contribution is -1.90. The lowest BCUT2D eigenvalue weighted by atomic mass is 10.2. The smallest absolute Gasteiger partial charge is 0.187 e. The molecular formula is C14H10BrN3S. The van der Waals surface area contributed by atoms with Crippen molar-refractivity contribution < 1.29 is 0 Å². The minimum absolute atomic E-state index is 0.866. The van der Waals surface area contributed by atoms with E-state index in [1.807, 2.05) is 48.0 Å². The molecule has 1 aromatic carbocycles. The summed E-state index contributed by atoms with van der Waals surface area (Å²) in [5.74, 6) is 0. The van der Waals surface area contributed by atoms with E-state index in [2.05, 4.69) is 31.2 Å². The minimum Gasteiger partial charge on any atom is -0.331 e. The molecule has 0 amide bonds. The molecule has 0 fully saturated rings. The molecule has 19 heavy (non-hydrogen) atoms. The van der Waals surface area contributed by atoms with E-state index in [0.29, 0.717) is 0 Å². The van der Waals surface area contributed by atoms with Crippen LogP contribution in [-0.2, 0) is 0 Å². The first-order valence-electron chi connectivity index (χ1n) is 5.70. The van der Waals surface area contributed by atoms with Gasteiger partial charge in [-0.05, 0) is 40.2 Å². The molecule has 0 aliphatic heterocycles. The van der Waals surface area contributed by atoms with Crippen molar-refractivity contribution in [3.05, 3.63) is 58.6 Å². The highest BCUT2D eigenvalue weighted by molar-refractivity contribution is 9.10. The van der Waals surface area contributed by atoms with Crippen molar-refractivity contribution in [2.24, 2.45) is 0 Å². The second kappa shape index (κ2) is 5.50. The van der Waals surface area contributed by atoms with Gasteiger partial charge in [-0.25, -0.2) is 4.98 Å². The van der Waals surface area contributed by atoms with Crippen molar-refractivity contribution in [1.29, 1.82) is 0 Å². The monoisotopic (exact) mass is 331 g/mol. The lowest BCUT2D eigenvalue weighted by molar-refractivity contribution is 1.30. The van der Waals surface area contributed by atoms with Gasteiger partial charge >= 0.3 is 0 Å². The van der Waals surface area contributed by atoms with Gasteiger partial charge in [0.2, 0.25) is 0 Å². The molecule has 1 N–H and O–H groups in total. The molecule has 5 heteroatoms. The van der Waals surface area contributed by atoms with Crippen molar-refractivity contribution >= 4 is 38.1 Å². The molecule has 0 atom stereocenters. The number of rotatable bonds is 3. The Labute approximate surface area is 123 Å². The number of hydrogen-bond acceptors (Lipinski definition) is 4. The summed E-state index contributed by atoms with van der Waals surface area (Å²) in [6, 6.07) is 11.9. The Morgan fingerprint density at radius 1 is 1.11 bits per heavy atom. The number of hydrogen-bond donors (Lipinski definition) is 1. The molecule has 3 nitrogen and oxygen atoms in total. The van der Waals surface area contributed by atoms with E-state index in [4.69, 9.17) is 0 Å². The quantitative estimate of drug-likeness (QED) is 0.755. The molecule has 3 aromatic rings. The molecule has 0 bridgehead atoms. The van der Waals surface area contributed by atoms with Crippen LogP contribution in [0.5, 0.6) is 0 Å². The average molecular weight is 332 g/mol. The van der Waals surface area contributed by atoms with Gasteiger partial charge in [-0.1, -0.05) is 12.1 Å². The summed E-state index contributed by atoms with van der Waals surface area (Å²) in [5, 5.41) is 6.19. The van der Waals surface area contributed by atoms with Crippen molar-refractivity contribution in [2.75, 3.05) is 5.32 Å². The summed E-state index contributed by atoms with van der Waals surface area (Å²) in [4.78, 5) is 8.67. The van der Waals surface area contributed by atoms with Crippen molar-refractivity contribution in [2.45, 2.75) is 0 Å². The zero-order chi connectivity index (χ0) is 13.1. The first-order chi connectivity index (χ1) is 9.33. The Morgan fingerprint density at radius 2 is 2.00 bits per heavy atom. The van der Waals surface area contributed by atoms with Crippen molar-refractivity contribution in [1.82, 2.24) is 9.97 Å². The maximum atomic E-state index is 4.56. The topological polar surface area (TPSA) is 37.8 Å². The molecule has 0 aliphatic rings. The summed E-state index contributed by atoms with van der Waals surface area (Å²) in [6.07, 6.45) is 3.58. The van der Waals surface area contributed by atoms with E-state index in [1.165, 1.54) is 0 Å². The predicted octanol–water partition coefficient (Wildman–Crippen LogP) is 4.71. The van der Waals surface area contributed by atoms with E-state index in [9.17, 15) is 0 Å². The Bertz CT molecular complexity index is 682. The number of nitrogens with one attached hydrogen (secondary N) is 1. The van der Waals surface area contributed by atoms with Gasteiger partial charge < -0.3 is 5.32 Å². The number of para-hydroxylation sites is 1. The van der Waals surface area contributed by atoms with Crippen LogP contribution < -0.4 is 5.32 Å². The van der Waals surface area contributed by atoms with Gasteiger partial charge in [-0.15, -0.1) is 11.3 Å². The van der Waals surface area contributed by atoms with Crippen LogP contribution >= 0.6 is 27.3 Å². The van der Waals surface area contributed by atoms with Crippen LogP contribution in [0.25, 0.3) is 11.3 Å². The number of halogens is 1. The van der Waals surface area contributed by atoms with E-state index in [1.54, 1.807) is 17.5 Å². The summed E-state index contributed by atoms with van der Waals surface area (Å²) < 4.78 is 1.02. The van der Waals surface area contributed by atoms with Gasteiger partial charge in [-0.3, -0.25) is 4.98 Å². The van der Waals surface area contributed by atoms with Gasteiger partial charge in [0.25, 0.3) is 0 Å². The summed E-state index contributed by atoms with van der Waals surface area (Å²) in [7, 11) is 0. The standard InChI is InChI=1S/C14H10BrN3S/c15-11-5-1-2-6-12(11)17-14-18-13(9-19-14)10-4-3-7-16-8-10/h1-9H,(H,17,18). The highest BCUT2D eigenvalue weighted by Gasteiger charge is 2.06. The summed E-state index contributed by atoms with van der Waals surface area (Å²) in [6.45, 7) is 0. The zero-order valence-electron chi connectivity index (χ0n) is 9.88. The Kier molecular flexibility index (Phi) is 3.57. The Hall–Kier alpha value is -1.72. The molecule has 0 unspecified atom stereocenters. The first-order valence-corrected chi connectivity index (χ1v) is 7.38. The fourth-order valence-electron chi connectivity index (χ4n) is 1.66. The molecular weight excluding hydrogens is 322 g/mol. The van der Waals surface area contributed by atoms with Gasteiger partial charge in [0.05, 0.1) is 11.4 Å². The highest BCUT2D eigenvalue weighted by Crippen LogP contribution is 2.29. The normalized spacial score (nSPS) is 10.4. The van der Waals surface area contributed by atoms with E-state index < -0.39 is 0 Å². The van der Waals surface area contributed by atoms with E-state index in [-0.39, 0.29) is 0 Å². The molecule has 0 saturated heterocycles. The molecule has 2 heterocycles. The van der Waals surface area contributed by atoms with Gasteiger partial charge in [0.15, 0.2) is 5.13 Å². The van der Waals surface area contributed by atoms with Gasteiger partial charge in [-0.2, -0.15) is 0 Å². The average Bonchev–Trinajstić information content (AvgIpc) is 2.91. The van der Waals surface area contributed by atoms with E-state index >= 15 is 0 Å². The van der Waals surface area contributed by atoms with Crippen LogP contribution in [0.2, 0.25) is 0 Å². The molecule has 0 radical (unpaired) electrons. The third kappa shape index (κ3) is 2.83. The molecule has 0 saturated carbocycles. The number of aromatic nitrogens is 2. The zero-order valence-corrected chi connectivity index (χ0v) is 12.3. The second-order valence-electron chi connectivity index (χ2n) is 3.88. The van der Waals surface area contributed by atoms with Crippen LogP contribution in [0, 0.1) is 0 Å². The number of pyridine rings is 1. The number of thiazole rings is 1. The minimum atomic E-state index is 0.866. The van der Waals surface area contributed by atoms with Crippen LogP contribution in [0.3, 0.4) is 0 Å². The summed E-state index contributed by atoms with van der Waals surface area (Å²) in [5.41, 5.74) is 2.97. The van der Waals surface area contributed by atoms with Crippen LogP contribution in [0.15, 0.2) is 58.6 Å². The largest absolute Gasteiger partial charge is 0.331 e. The highest BCUT2D eigenvalue weighted by atomic mass is 79.9. The molecule has 3 rings (SSSR count). The lowest BCUT2D eigenvalue weighted by Gasteiger charge is -2.04. The third-order valence-corrected chi connectivity index (χ3v) is 4.03. The van der Waals surface area contributed by atoms with Crippen molar-refractivity contribution in [3.8, 4) is 11.3 Å². The Balaban J connectivity index is 1.85. The first kappa shape index (κ1) is 12.3. The maximum absolute atomic E-state index is 4.56. The fraction of sp³-hybridized carbons (Fsp3) is 0. The molecule has 2 aromatic heterocycles. The third-order valence-electron chi connectivity index (χ3n) is 2.58. The van der Waals surface area contributed by atoms with Gasteiger partial charge in [0, 0.05) is 27.8 Å². The fourth-order valence-corrected chi connectivity index (χ4v) is 2.77. The van der Waals surface area contributed by atoms with Gasteiger partial charge in [0.1, 0.15) is 0 Å². The van der Waals surface area contributed by atoms with Crippen LogP contribution in [-0.4, -0.2) is 9.97 Å². The number of nitrogens with zero attached hydrogens (tertiary/aromatic N) is 2. The number of anilines is 2. The van der Waals surface area contributed by atoms with Crippen LogP contribution in [0.4, 0.5) is 10.8 Å². The van der Waals surface area contributed by atoms with Crippen LogP contribution in [0.1, 0.15) is 0 Å². The van der Waals surface area contributed by atoms with Crippen molar-refractivity contribution in [3.63, 3.8) is 0 Å².